The van der Waals surface area contributed by atoms with E-state index in [4.69, 9.17) is 0 Å². The monoisotopic (exact) mass is 270 g/mol. The Bertz CT molecular complexity index is 718. The summed E-state index contributed by atoms with van der Waals surface area (Å²) in [6.07, 6.45) is 1.65. The van der Waals surface area contributed by atoms with Crippen LogP contribution in [-0.2, 0) is 5.41 Å². The van der Waals surface area contributed by atoms with Crippen LogP contribution in [0.1, 0.15) is 37.8 Å². The van der Waals surface area contributed by atoms with Gasteiger partial charge in [-0.1, -0.05) is 48.5 Å². The Labute approximate surface area is 127 Å². The molecule has 3 rings (SSSR count). The van der Waals surface area contributed by atoms with Gasteiger partial charge in [-0.2, -0.15) is 0 Å². The van der Waals surface area contributed by atoms with Crippen LogP contribution in [0.3, 0.4) is 0 Å². The van der Waals surface area contributed by atoms with Gasteiger partial charge in [0, 0.05) is 18.3 Å². The smallest absolute Gasteiger partial charge is 0.0433 e. The highest BCUT2D eigenvalue weighted by atomic mass is 14.4. The maximum absolute atomic E-state index is 3.30. The second-order valence-electron chi connectivity index (χ2n) is 5.38. The van der Waals surface area contributed by atoms with Crippen LogP contribution in [0.2, 0.25) is 0 Å². The largest absolute Gasteiger partial charge is 0.107 e. The molecule has 102 valence electrons. The van der Waals surface area contributed by atoms with Crippen molar-refractivity contribution in [2.75, 3.05) is 0 Å². The van der Waals surface area contributed by atoms with Crippen molar-refractivity contribution >= 4 is 0 Å². The Hall–Kier alpha value is -2.44. The van der Waals surface area contributed by atoms with Gasteiger partial charge in [-0.25, -0.2) is 0 Å². The third-order valence-electron chi connectivity index (χ3n) is 4.31. The summed E-state index contributed by atoms with van der Waals surface area (Å²) in [5, 5.41) is 0. The van der Waals surface area contributed by atoms with Gasteiger partial charge in [0.25, 0.3) is 0 Å². The molecule has 1 aliphatic carbocycles. The quantitative estimate of drug-likeness (QED) is 0.689. The Morgan fingerprint density at radius 1 is 0.714 bits per heavy atom. The first-order valence-electron chi connectivity index (χ1n) is 7.32. The molecule has 0 unspecified atom stereocenters. The van der Waals surface area contributed by atoms with Crippen LogP contribution in [0, 0.1) is 23.7 Å². The van der Waals surface area contributed by atoms with E-state index >= 15 is 0 Å². The number of benzene rings is 2. The van der Waals surface area contributed by atoms with Gasteiger partial charge < -0.3 is 0 Å². The highest BCUT2D eigenvalue weighted by molar-refractivity contribution is 5.81. The van der Waals surface area contributed by atoms with E-state index in [1.165, 1.54) is 22.3 Å². The first kappa shape index (κ1) is 13.5. The third-order valence-corrected chi connectivity index (χ3v) is 4.31. The van der Waals surface area contributed by atoms with Crippen LogP contribution in [0.5, 0.6) is 0 Å². The summed E-state index contributed by atoms with van der Waals surface area (Å²) >= 11 is 0. The van der Waals surface area contributed by atoms with Crippen molar-refractivity contribution in [2.24, 2.45) is 0 Å². The molecular weight excluding hydrogens is 252 g/mol. The summed E-state index contributed by atoms with van der Waals surface area (Å²) in [7, 11) is 0. The molecule has 2 aromatic carbocycles. The lowest BCUT2D eigenvalue weighted by molar-refractivity contribution is 0.559. The molecule has 0 bridgehead atoms. The van der Waals surface area contributed by atoms with Gasteiger partial charge in [-0.3, -0.25) is 0 Å². The van der Waals surface area contributed by atoms with E-state index < -0.39 is 0 Å². The average molecular weight is 270 g/mol. The molecule has 0 saturated carbocycles. The van der Waals surface area contributed by atoms with Crippen LogP contribution < -0.4 is 0 Å². The molecule has 0 radical (unpaired) electrons. The topological polar surface area (TPSA) is 0 Å². The highest BCUT2D eigenvalue weighted by Gasteiger charge is 2.41. The van der Waals surface area contributed by atoms with Crippen molar-refractivity contribution in [1.82, 2.24) is 0 Å². The Morgan fingerprint density at radius 3 is 1.57 bits per heavy atom. The zero-order valence-corrected chi connectivity index (χ0v) is 12.5. The molecule has 1 aliphatic rings. The van der Waals surface area contributed by atoms with E-state index in [-0.39, 0.29) is 5.41 Å². The van der Waals surface area contributed by atoms with E-state index in [1.807, 2.05) is 13.8 Å². The van der Waals surface area contributed by atoms with Gasteiger partial charge in [0.15, 0.2) is 0 Å². The summed E-state index contributed by atoms with van der Waals surface area (Å²) in [4.78, 5) is 0. The summed E-state index contributed by atoms with van der Waals surface area (Å²) in [6.45, 7) is 3.82. The molecule has 21 heavy (non-hydrogen) atoms. The molecule has 0 N–H and O–H groups in total. The summed E-state index contributed by atoms with van der Waals surface area (Å²) < 4.78 is 0. The molecule has 0 atom stereocenters. The van der Waals surface area contributed by atoms with E-state index in [0.29, 0.717) is 0 Å². The highest BCUT2D eigenvalue weighted by Crippen LogP contribution is 2.52. The molecule has 0 heteroatoms. The zero-order valence-electron chi connectivity index (χ0n) is 12.5. The van der Waals surface area contributed by atoms with Crippen molar-refractivity contribution in [3.63, 3.8) is 0 Å². The van der Waals surface area contributed by atoms with Crippen LogP contribution in [0.15, 0.2) is 48.5 Å². The molecule has 0 nitrogen and oxygen atoms in total. The van der Waals surface area contributed by atoms with E-state index in [0.717, 1.165) is 12.8 Å². The van der Waals surface area contributed by atoms with Crippen molar-refractivity contribution in [3.05, 3.63) is 59.7 Å². The molecule has 0 fully saturated rings. The number of hydrogen-bond donors (Lipinski definition) is 0. The first-order chi connectivity index (χ1) is 10.3. The summed E-state index contributed by atoms with van der Waals surface area (Å²) in [6, 6.07) is 17.4. The molecule has 0 amide bonds. The molecule has 0 saturated heterocycles. The van der Waals surface area contributed by atoms with E-state index in [1.54, 1.807) is 0 Å². The number of hydrogen-bond acceptors (Lipinski definition) is 0. The Balaban J connectivity index is 2.29. The zero-order chi connectivity index (χ0) is 14.7. The van der Waals surface area contributed by atoms with Crippen molar-refractivity contribution in [3.8, 4) is 34.8 Å². The van der Waals surface area contributed by atoms with Crippen molar-refractivity contribution in [1.29, 1.82) is 0 Å². The Morgan fingerprint density at radius 2 is 1.14 bits per heavy atom. The number of fused-ring (bicyclic) bond motifs is 3. The molecule has 2 aromatic rings. The first-order valence-corrected chi connectivity index (χ1v) is 7.32. The van der Waals surface area contributed by atoms with Crippen molar-refractivity contribution < 1.29 is 0 Å². The maximum Gasteiger partial charge on any atom is 0.0433 e. The molecule has 0 heterocycles. The van der Waals surface area contributed by atoms with Gasteiger partial charge in [-0.05, 0) is 36.1 Å². The molecule has 0 aromatic heterocycles. The predicted octanol–water partition coefficient (Wildman–Crippen LogP) is 4.78. The lowest BCUT2D eigenvalue weighted by Gasteiger charge is -2.28. The molecule has 0 spiro atoms. The minimum atomic E-state index is -0.0841. The van der Waals surface area contributed by atoms with Gasteiger partial charge in [0.1, 0.15) is 0 Å². The Kier molecular flexibility index (Phi) is 3.55. The fourth-order valence-electron chi connectivity index (χ4n) is 3.34. The summed E-state index contributed by atoms with van der Waals surface area (Å²) in [5.74, 6) is 12.7. The average Bonchev–Trinajstić information content (AvgIpc) is 2.82. The second kappa shape index (κ2) is 5.51. The molecule has 0 aliphatic heterocycles. The van der Waals surface area contributed by atoms with Gasteiger partial charge in [0.05, 0.1) is 0 Å². The van der Waals surface area contributed by atoms with E-state index in [9.17, 15) is 0 Å². The minimum absolute atomic E-state index is 0.0841. The second-order valence-corrected chi connectivity index (χ2v) is 5.38. The van der Waals surface area contributed by atoms with Gasteiger partial charge in [0.2, 0.25) is 0 Å². The fourth-order valence-corrected chi connectivity index (χ4v) is 3.34. The van der Waals surface area contributed by atoms with Crippen molar-refractivity contribution in [2.45, 2.75) is 32.1 Å². The fraction of sp³-hybridized carbons (Fsp3) is 0.238. The van der Waals surface area contributed by atoms with Crippen LogP contribution >= 0.6 is 0 Å². The SMILES string of the molecule is CC#CCC1(CC#CC)c2ccccc2-c2ccccc21. The number of rotatable bonds is 2. The lowest BCUT2D eigenvalue weighted by atomic mass is 9.73. The lowest BCUT2D eigenvalue weighted by Crippen LogP contribution is -2.24. The summed E-state index contributed by atoms with van der Waals surface area (Å²) in [5.41, 5.74) is 5.33. The van der Waals surface area contributed by atoms with Crippen LogP contribution in [0.25, 0.3) is 11.1 Å². The maximum atomic E-state index is 3.30. The standard InChI is InChI=1S/C21H18/c1-3-5-15-21(16-6-4-2)19-13-9-7-11-17(19)18-12-8-10-14-20(18)21/h7-14H,15-16H2,1-2H3. The van der Waals surface area contributed by atoms with E-state index in [2.05, 4.69) is 72.2 Å². The van der Waals surface area contributed by atoms with Crippen LogP contribution in [-0.4, -0.2) is 0 Å². The third kappa shape index (κ3) is 2.05. The minimum Gasteiger partial charge on any atom is -0.107 e. The predicted molar refractivity (Wildman–Crippen MR) is 88.8 cm³/mol. The van der Waals surface area contributed by atoms with Gasteiger partial charge >= 0.3 is 0 Å². The molecular formula is C21H18. The van der Waals surface area contributed by atoms with Gasteiger partial charge in [-0.15, -0.1) is 23.7 Å². The van der Waals surface area contributed by atoms with Crippen LogP contribution in [0.4, 0.5) is 0 Å². The normalized spacial score (nSPS) is 13.2.